The van der Waals surface area contributed by atoms with Crippen LogP contribution in [0.3, 0.4) is 0 Å². The Hall–Kier alpha value is -2.41. The Morgan fingerprint density at radius 2 is 1.74 bits per heavy atom. The standard InChI is InChI=1S/C20H27N3O4/c1-14(22-9-11-23(12-10-22)19(25)16-7-8-16)18(24)21-13-15-3-5-17(6-4-15)20(26)27-2/h3-6,14,16H,7-13H2,1-2H3,(H,21,24). The van der Waals surface area contributed by atoms with E-state index in [2.05, 4.69) is 15.0 Å². The number of ether oxygens (including phenoxy) is 1. The van der Waals surface area contributed by atoms with Gasteiger partial charge in [-0.2, -0.15) is 0 Å². The predicted octanol–water partition coefficient (Wildman–Crippen LogP) is 1.03. The highest BCUT2D eigenvalue weighted by molar-refractivity contribution is 5.89. The molecule has 1 atom stereocenters. The van der Waals surface area contributed by atoms with Gasteiger partial charge >= 0.3 is 5.97 Å². The van der Waals surface area contributed by atoms with Crippen LogP contribution >= 0.6 is 0 Å². The molecule has 3 rings (SSSR count). The summed E-state index contributed by atoms with van der Waals surface area (Å²) < 4.78 is 4.67. The number of piperazine rings is 1. The number of nitrogens with one attached hydrogen (secondary N) is 1. The normalized spacial score (nSPS) is 18.7. The van der Waals surface area contributed by atoms with Crippen molar-refractivity contribution < 1.29 is 19.1 Å². The van der Waals surface area contributed by atoms with E-state index in [1.165, 1.54) is 7.11 Å². The fraction of sp³-hybridized carbons (Fsp3) is 0.550. The second-order valence-electron chi connectivity index (χ2n) is 7.22. The monoisotopic (exact) mass is 373 g/mol. The van der Waals surface area contributed by atoms with Gasteiger partial charge in [-0.15, -0.1) is 0 Å². The summed E-state index contributed by atoms with van der Waals surface area (Å²) in [5, 5.41) is 2.94. The van der Waals surface area contributed by atoms with Crippen LogP contribution in [0.25, 0.3) is 0 Å². The van der Waals surface area contributed by atoms with Crippen molar-refractivity contribution in [1.29, 1.82) is 0 Å². The topological polar surface area (TPSA) is 79.0 Å². The van der Waals surface area contributed by atoms with E-state index in [0.29, 0.717) is 25.2 Å². The fourth-order valence-electron chi connectivity index (χ4n) is 3.30. The first-order valence-electron chi connectivity index (χ1n) is 9.47. The van der Waals surface area contributed by atoms with Gasteiger partial charge in [0.1, 0.15) is 0 Å². The van der Waals surface area contributed by atoms with Gasteiger partial charge in [0.25, 0.3) is 0 Å². The van der Waals surface area contributed by atoms with E-state index in [1.807, 2.05) is 11.8 Å². The molecule has 1 aromatic rings. The van der Waals surface area contributed by atoms with Crippen molar-refractivity contribution in [2.75, 3.05) is 33.3 Å². The number of esters is 1. The van der Waals surface area contributed by atoms with Gasteiger partial charge in [0, 0.05) is 38.6 Å². The van der Waals surface area contributed by atoms with Gasteiger partial charge in [0.2, 0.25) is 11.8 Å². The largest absolute Gasteiger partial charge is 0.465 e. The van der Waals surface area contributed by atoms with Crippen molar-refractivity contribution in [2.45, 2.75) is 32.4 Å². The maximum Gasteiger partial charge on any atom is 0.337 e. The van der Waals surface area contributed by atoms with Gasteiger partial charge in [-0.05, 0) is 37.5 Å². The van der Waals surface area contributed by atoms with Crippen molar-refractivity contribution in [3.05, 3.63) is 35.4 Å². The molecule has 1 saturated heterocycles. The number of nitrogens with zero attached hydrogens (tertiary/aromatic N) is 2. The third kappa shape index (κ3) is 4.86. The number of hydrogen-bond acceptors (Lipinski definition) is 5. The molecule has 7 heteroatoms. The van der Waals surface area contributed by atoms with Crippen LogP contribution in [0.4, 0.5) is 0 Å². The van der Waals surface area contributed by atoms with Gasteiger partial charge in [0.15, 0.2) is 0 Å². The minimum atomic E-state index is -0.376. The molecule has 2 amide bonds. The minimum Gasteiger partial charge on any atom is -0.465 e. The van der Waals surface area contributed by atoms with Crippen molar-refractivity contribution >= 4 is 17.8 Å². The van der Waals surface area contributed by atoms with E-state index in [9.17, 15) is 14.4 Å². The summed E-state index contributed by atoms with van der Waals surface area (Å²) in [5.74, 6) is 0.123. The van der Waals surface area contributed by atoms with Crippen LogP contribution in [0.1, 0.15) is 35.7 Å². The quantitative estimate of drug-likeness (QED) is 0.754. The molecule has 0 radical (unpaired) electrons. The SMILES string of the molecule is COC(=O)c1ccc(CNC(=O)C(C)N2CCN(C(=O)C3CC3)CC2)cc1. The van der Waals surface area contributed by atoms with Crippen LogP contribution in [0.5, 0.6) is 0 Å². The zero-order valence-electron chi connectivity index (χ0n) is 15.9. The average Bonchev–Trinajstić information content (AvgIpc) is 3.56. The lowest BCUT2D eigenvalue weighted by Gasteiger charge is -2.37. The Balaban J connectivity index is 1.44. The molecule has 0 bridgehead atoms. The molecule has 0 aromatic heterocycles. The Morgan fingerprint density at radius 1 is 1.11 bits per heavy atom. The Morgan fingerprint density at radius 3 is 2.30 bits per heavy atom. The van der Waals surface area contributed by atoms with Gasteiger partial charge in [0.05, 0.1) is 18.7 Å². The maximum absolute atomic E-state index is 12.5. The summed E-state index contributed by atoms with van der Waals surface area (Å²) in [7, 11) is 1.35. The molecule has 146 valence electrons. The van der Waals surface area contributed by atoms with E-state index >= 15 is 0 Å². The highest BCUT2D eigenvalue weighted by Crippen LogP contribution is 2.31. The van der Waals surface area contributed by atoms with Crippen LogP contribution < -0.4 is 5.32 Å². The van der Waals surface area contributed by atoms with E-state index in [-0.39, 0.29) is 29.7 Å². The number of benzene rings is 1. The van der Waals surface area contributed by atoms with Crippen LogP contribution in [0.15, 0.2) is 24.3 Å². The Bertz CT molecular complexity index is 692. The molecular weight excluding hydrogens is 346 g/mol. The number of amides is 2. The van der Waals surface area contributed by atoms with Crippen molar-refractivity contribution in [1.82, 2.24) is 15.1 Å². The van der Waals surface area contributed by atoms with Gasteiger partial charge in [-0.3, -0.25) is 14.5 Å². The number of rotatable bonds is 6. The minimum absolute atomic E-state index is 0.0333. The lowest BCUT2D eigenvalue weighted by molar-refractivity contribution is -0.135. The summed E-state index contributed by atoms with van der Waals surface area (Å²) in [4.78, 5) is 40.1. The number of methoxy groups -OCH3 is 1. The second kappa shape index (κ2) is 8.52. The molecule has 27 heavy (non-hydrogen) atoms. The maximum atomic E-state index is 12.5. The molecule has 1 heterocycles. The molecule has 1 aliphatic carbocycles. The van der Waals surface area contributed by atoms with Crippen LogP contribution in [-0.2, 0) is 20.9 Å². The summed E-state index contributed by atoms with van der Waals surface area (Å²) in [6.07, 6.45) is 2.05. The molecule has 2 aliphatic rings. The summed E-state index contributed by atoms with van der Waals surface area (Å²) in [6, 6.07) is 6.75. The summed E-state index contributed by atoms with van der Waals surface area (Å²) in [6.45, 7) is 5.14. The first-order valence-corrected chi connectivity index (χ1v) is 9.47. The first-order chi connectivity index (χ1) is 13.0. The van der Waals surface area contributed by atoms with Crippen molar-refractivity contribution in [3.8, 4) is 0 Å². The Labute approximate surface area is 159 Å². The molecule has 1 aliphatic heterocycles. The molecule has 7 nitrogen and oxygen atoms in total. The summed E-state index contributed by atoms with van der Waals surface area (Å²) >= 11 is 0. The average molecular weight is 373 g/mol. The molecule has 1 unspecified atom stereocenters. The number of hydrogen-bond donors (Lipinski definition) is 1. The van der Waals surface area contributed by atoms with Crippen LogP contribution in [-0.4, -0.2) is 66.9 Å². The zero-order chi connectivity index (χ0) is 19.4. The van der Waals surface area contributed by atoms with Gasteiger partial charge in [-0.1, -0.05) is 12.1 Å². The first kappa shape index (κ1) is 19.4. The lowest BCUT2D eigenvalue weighted by Crippen LogP contribution is -2.55. The highest BCUT2D eigenvalue weighted by atomic mass is 16.5. The summed E-state index contributed by atoms with van der Waals surface area (Å²) in [5.41, 5.74) is 1.41. The fourth-order valence-corrected chi connectivity index (χ4v) is 3.30. The molecule has 1 saturated carbocycles. The number of carbonyl (C=O) groups is 3. The number of carbonyl (C=O) groups excluding carboxylic acids is 3. The second-order valence-corrected chi connectivity index (χ2v) is 7.22. The molecule has 0 spiro atoms. The predicted molar refractivity (Wildman–Crippen MR) is 100.0 cm³/mol. The lowest BCUT2D eigenvalue weighted by atomic mass is 10.1. The van der Waals surface area contributed by atoms with Gasteiger partial charge < -0.3 is 15.0 Å². The third-order valence-electron chi connectivity index (χ3n) is 5.32. The van der Waals surface area contributed by atoms with E-state index in [4.69, 9.17) is 0 Å². The van der Waals surface area contributed by atoms with Crippen LogP contribution in [0, 0.1) is 5.92 Å². The highest BCUT2D eigenvalue weighted by Gasteiger charge is 2.35. The van der Waals surface area contributed by atoms with E-state index < -0.39 is 0 Å². The third-order valence-corrected chi connectivity index (χ3v) is 5.32. The van der Waals surface area contributed by atoms with E-state index in [0.717, 1.165) is 31.5 Å². The molecule has 2 fully saturated rings. The van der Waals surface area contributed by atoms with Crippen molar-refractivity contribution in [3.63, 3.8) is 0 Å². The smallest absolute Gasteiger partial charge is 0.337 e. The molecule has 1 aromatic carbocycles. The Kier molecular flexibility index (Phi) is 6.11. The zero-order valence-corrected chi connectivity index (χ0v) is 15.9. The molecule has 1 N–H and O–H groups in total. The van der Waals surface area contributed by atoms with Crippen LogP contribution in [0.2, 0.25) is 0 Å². The van der Waals surface area contributed by atoms with Gasteiger partial charge in [-0.25, -0.2) is 4.79 Å². The molecular formula is C20H27N3O4. The van der Waals surface area contributed by atoms with Crippen molar-refractivity contribution in [2.24, 2.45) is 5.92 Å². The van der Waals surface area contributed by atoms with E-state index in [1.54, 1.807) is 24.3 Å².